The van der Waals surface area contributed by atoms with Gasteiger partial charge in [-0.25, -0.2) is 0 Å². The molecule has 24 heavy (non-hydrogen) atoms. The van der Waals surface area contributed by atoms with E-state index in [-0.39, 0.29) is 24.1 Å². The molecule has 8 nitrogen and oxygen atoms in total. The lowest BCUT2D eigenvalue weighted by atomic mass is 9.74. The van der Waals surface area contributed by atoms with E-state index in [2.05, 4.69) is 5.32 Å². The number of nitrogens with one attached hydrogen (secondary N) is 1. The van der Waals surface area contributed by atoms with E-state index in [1.165, 1.54) is 17.2 Å². The van der Waals surface area contributed by atoms with Crippen LogP contribution in [0.25, 0.3) is 0 Å². The van der Waals surface area contributed by atoms with Crippen molar-refractivity contribution < 1.29 is 28.6 Å². The number of carboxylic acid groups (broad SMARTS) is 1. The van der Waals surface area contributed by atoms with E-state index in [0.29, 0.717) is 26.2 Å². The molecule has 0 spiro atoms. The number of rotatable bonds is 4. The first-order valence-electron chi connectivity index (χ1n) is 7.88. The van der Waals surface area contributed by atoms with Gasteiger partial charge in [0.1, 0.15) is 6.04 Å². The van der Waals surface area contributed by atoms with Gasteiger partial charge < -0.3 is 24.5 Å². The quantitative estimate of drug-likeness (QED) is 0.821. The number of likely N-dealkylation sites (tertiary alicyclic amines) is 1. The highest BCUT2D eigenvalue weighted by Crippen LogP contribution is 2.42. The van der Waals surface area contributed by atoms with Crippen molar-refractivity contribution in [2.75, 3.05) is 26.3 Å². The van der Waals surface area contributed by atoms with E-state index < -0.39 is 23.3 Å². The molecule has 1 aromatic heterocycles. The number of hydrogen-bond donors (Lipinski definition) is 2. The standard InChI is InChI=1S/C16H20N2O6/c1-10(17-13(19)12-3-2-5-24-12)14(20)18-7-11-8-23-6-4-16(11,9-18)15(21)22/h2-3,5,10-11H,4,6-9H2,1H3,(H,17,19)(H,21,22)/t10?,11-,16+/m0/s1. The topological polar surface area (TPSA) is 109 Å². The summed E-state index contributed by atoms with van der Waals surface area (Å²) in [5, 5.41) is 12.2. The van der Waals surface area contributed by atoms with Gasteiger partial charge in [-0.2, -0.15) is 0 Å². The summed E-state index contributed by atoms with van der Waals surface area (Å²) in [7, 11) is 0. The van der Waals surface area contributed by atoms with Crippen LogP contribution in [0.15, 0.2) is 22.8 Å². The largest absolute Gasteiger partial charge is 0.481 e. The summed E-state index contributed by atoms with van der Waals surface area (Å²) in [6, 6.07) is 2.33. The molecule has 0 saturated carbocycles. The fraction of sp³-hybridized carbons (Fsp3) is 0.562. The van der Waals surface area contributed by atoms with Gasteiger partial charge in [0.25, 0.3) is 5.91 Å². The zero-order chi connectivity index (χ0) is 17.3. The number of ether oxygens (including phenoxy) is 1. The van der Waals surface area contributed by atoms with Crippen LogP contribution in [0.5, 0.6) is 0 Å². The zero-order valence-electron chi connectivity index (χ0n) is 13.4. The number of nitrogens with zero attached hydrogens (tertiary/aromatic N) is 1. The molecule has 3 atom stereocenters. The smallest absolute Gasteiger partial charge is 0.311 e. The minimum Gasteiger partial charge on any atom is -0.481 e. The number of carbonyl (C=O) groups is 3. The van der Waals surface area contributed by atoms with Crippen molar-refractivity contribution >= 4 is 17.8 Å². The first-order chi connectivity index (χ1) is 11.4. The normalized spacial score (nSPS) is 27.4. The predicted molar refractivity (Wildman–Crippen MR) is 81.2 cm³/mol. The van der Waals surface area contributed by atoms with Crippen LogP contribution < -0.4 is 5.32 Å². The number of aliphatic carboxylic acids is 1. The molecule has 3 rings (SSSR count). The van der Waals surface area contributed by atoms with Crippen LogP contribution in [0, 0.1) is 11.3 Å². The fourth-order valence-electron chi connectivity index (χ4n) is 3.48. The van der Waals surface area contributed by atoms with Crippen molar-refractivity contribution in [2.45, 2.75) is 19.4 Å². The fourth-order valence-corrected chi connectivity index (χ4v) is 3.48. The molecule has 2 fully saturated rings. The zero-order valence-corrected chi connectivity index (χ0v) is 13.4. The molecular formula is C16H20N2O6. The van der Waals surface area contributed by atoms with Gasteiger partial charge in [-0.1, -0.05) is 0 Å². The number of amides is 2. The molecule has 2 amide bonds. The molecule has 2 N–H and O–H groups in total. The van der Waals surface area contributed by atoms with E-state index in [0.717, 1.165) is 0 Å². The monoisotopic (exact) mass is 336 g/mol. The Labute approximate surface area is 138 Å². The molecule has 2 aliphatic heterocycles. The van der Waals surface area contributed by atoms with Gasteiger partial charge in [0.2, 0.25) is 5.91 Å². The first kappa shape index (κ1) is 16.5. The van der Waals surface area contributed by atoms with Gasteiger partial charge in [-0.3, -0.25) is 14.4 Å². The number of fused-ring (bicyclic) bond motifs is 1. The maximum absolute atomic E-state index is 12.6. The van der Waals surface area contributed by atoms with Crippen molar-refractivity contribution in [3.05, 3.63) is 24.2 Å². The minimum absolute atomic E-state index is 0.125. The molecular weight excluding hydrogens is 316 g/mol. The van der Waals surface area contributed by atoms with Crippen LogP contribution in [-0.2, 0) is 14.3 Å². The molecule has 2 aliphatic rings. The van der Waals surface area contributed by atoms with Gasteiger partial charge in [0.15, 0.2) is 5.76 Å². The van der Waals surface area contributed by atoms with Gasteiger partial charge in [-0.15, -0.1) is 0 Å². The summed E-state index contributed by atoms with van der Waals surface area (Å²) in [5.41, 5.74) is -0.946. The molecule has 8 heteroatoms. The summed E-state index contributed by atoms with van der Waals surface area (Å²) >= 11 is 0. The number of carboxylic acids is 1. The van der Waals surface area contributed by atoms with Gasteiger partial charge in [0.05, 0.1) is 18.3 Å². The van der Waals surface area contributed by atoms with Crippen LogP contribution in [0.1, 0.15) is 23.9 Å². The molecule has 130 valence electrons. The Morgan fingerprint density at radius 2 is 2.25 bits per heavy atom. The average molecular weight is 336 g/mol. The maximum Gasteiger partial charge on any atom is 0.311 e. The third kappa shape index (κ3) is 2.77. The molecule has 0 aromatic carbocycles. The second-order valence-corrected chi connectivity index (χ2v) is 6.37. The van der Waals surface area contributed by atoms with E-state index in [1.807, 2.05) is 0 Å². The first-order valence-corrected chi connectivity index (χ1v) is 7.88. The van der Waals surface area contributed by atoms with E-state index in [4.69, 9.17) is 9.15 Å². The van der Waals surface area contributed by atoms with Crippen LogP contribution in [0.2, 0.25) is 0 Å². The predicted octanol–water partition coefficient (Wildman–Crippen LogP) is 0.348. The summed E-state index contributed by atoms with van der Waals surface area (Å²) in [4.78, 5) is 37.8. The number of furan rings is 1. The lowest BCUT2D eigenvalue weighted by Crippen LogP contribution is -2.48. The Kier molecular flexibility index (Phi) is 4.31. The highest BCUT2D eigenvalue weighted by molar-refractivity contribution is 5.95. The highest BCUT2D eigenvalue weighted by Gasteiger charge is 2.55. The van der Waals surface area contributed by atoms with E-state index in [9.17, 15) is 19.5 Å². The van der Waals surface area contributed by atoms with Crippen molar-refractivity contribution in [3.63, 3.8) is 0 Å². The van der Waals surface area contributed by atoms with E-state index >= 15 is 0 Å². The number of hydrogen-bond acceptors (Lipinski definition) is 5. The second-order valence-electron chi connectivity index (χ2n) is 6.37. The maximum atomic E-state index is 12.6. The summed E-state index contributed by atoms with van der Waals surface area (Å²) in [6.45, 7) is 2.77. The summed E-state index contributed by atoms with van der Waals surface area (Å²) in [5.74, 6) is -1.77. The summed E-state index contributed by atoms with van der Waals surface area (Å²) in [6.07, 6.45) is 1.77. The molecule has 0 bridgehead atoms. The molecule has 0 radical (unpaired) electrons. The molecule has 2 saturated heterocycles. The van der Waals surface area contributed by atoms with Crippen LogP contribution >= 0.6 is 0 Å². The lowest BCUT2D eigenvalue weighted by Gasteiger charge is -2.33. The lowest BCUT2D eigenvalue weighted by molar-refractivity contribution is -0.157. The minimum atomic E-state index is -0.946. The average Bonchev–Trinajstić information content (AvgIpc) is 3.21. The Morgan fingerprint density at radius 1 is 1.46 bits per heavy atom. The molecule has 1 aromatic rings. The number of carbonyl (C=O) groups excluding carboxylic acids is 2. The van der Waals surface area contributed by atoms with Crippen molar-refractivity contribution in [3.8, 4) is 0 Å². The Morgan fingerprint density at radius 3 is 2.88 bits per heavy atom. The second kappa shape index (κ2) is 6.27. The third-order valence-corrected chi connectivity index (χ3v) is 4.91. The van der Waals surface area contributed by atoms with E-state index in [1.54, 1.807) is 13.0 Å². The third-order valence-electron chi connectivity index (χ3n) is 4.91. The summed E-state index contributed by atoms with van der Waals surface area (Å²) < 4.78 is 10.4. The van der Waals surface area contributed by atoms with Crippen LogP contribution in [0.3, 0.4) is 0 Å². The molecule has 0 aliphatic carbocycles. The van der Waals surface area contributed by atoms with Gasteiger partial charge in [0, 0.05) is 25.6 Å². The van der Waals surface area contributed by atoms with Crippen molar-refractivity contribution in [1.29, 1.82) is 0 Å². The van der Waals surface area contributed by atoms with Crippen molar-refractivity contribution in [1.82, 2.24) is 10.2 Å². The Bertz CT molecular complexity index is 643. The van der Waals surface area contributed by atoms with Gasteiger partial charge in [-0.05, 0) is 25.5 Å². The van der Waals surface area contributed by atoms with Crippen LogP contribution in [0.4, 0.5) is 0 Å². The van der Waals surface area contributed by atoms with Crippen molar-refractivity contribution in [2.24, 2.45) is 11.3 Å². The highest BCUT2D eigenvalue weighted by atomic mass is 16.5. The Hall–Kier alpha value is -2.35. The van der Waals surface area contributed by atoms with Gasteiger partial charge >= 0.3 is 5.97 Å². The van der Waals surface area contributed by atoms with Crippen LogP contribution in [-0.4, -0.2) is 60.1 Å². The molecule has 3 heterocycles. The molecule has 1 unspecified atom stereocenters. The Balaban J connectivity index is 1.67. The SMILES string of the molecule is CC(NC(=O)c1ccco1)C(=O)N1C[C@H]2COCC[C@@]2(C(=O)O)C1.